The van der Waals surface area contributed by atoms with Crippen LogP contribution in [0.4, 0.5) is 0 Å². The smallest absolute Gasteiger partial charge is 0.127 e. The molecule has 0 atom stereocenters. The summed E-state index contributed by atoms with van der Waals surface area (Å²) in [6.45, 7) is 2.71. The maximum absolute atomic E-state index is 9.80. The molecule has 0 radical (unpaired) electrons. The van der Waals surface area contributed by atoms with Crippen LogP contribution in [0.3, 0.4) is 0 Å². The maximum atomic E-state index is 9.80. The summed E-state index contributed by atoms with van der Waals surface area (Å²) in [6.07, 6.45) is 0.966. The molecule has 0 saturated carbocycles. The average Bonchev–Trinajstić information content (AvgIpc) is 2.32. The van der Waals surface area contributed by atoms with Crippen LogP contribution < -0.4 is 4.74 Å². The number of ether oxygens (including phenoxy) is 1. The van der Waals surface area contributed by atoms with Crippen LogP contribution in [-0.2, 0) is 0 Å². The van der Waals surface area contributed by atoms with E-state index in [0.29, 0.717) is 12.4 Å². The summed E-state index contributed by atoms with van der Waals surface area (Å²) in [4.78, 5) is 0. The van der Waals surface area contributed by atoms with Crippen molar-refractivity contribution in [2.45, 2.75) is 13.3 Å². The Bertz CT molecular complexity index is 523. The first-order valence-corrected chi connectivity index (χ1v) is 6.75. The van der Waals surface area contributed by atoms with Gasteiger partial charge in [0.2, 0.25) is 0 Å². The normalized spacial score (nSPS) is 10.7. The number of benzene rings is 2. The van der Waals surface area contributed by atoms with Crippen LogP contribution in [0.1, 0.15) is 12.0 Å². The fraction of sp³-hybridized carbons (Fsp3) is 0.286. The van der Waals surface area contributed by atoms with Crippen LogP contribution in [0.25, 0.3) is 10.8 Å². The second-order valence-electron chi connectivity index (χ2n) is 4.02. The van der Waals surface area contributed by atoms with E-state index in [9.17, 15) is 5.11 Å². The zero-order chi connectivity index (χ0) is 12.3. The Morgan fingerprint density at radius 2 is 2.00 bits per heavy atom. The summed E-state index contributed by atoms with van der Waals surface area (Å²) in [5.74, 6) is 1.13. The van der Waals surface area contributed by atoms with Crippen molar-refractivity contribution in [3.8, 4) is 11.5 Å². The zero-order valence-electron chi connectivity index (χ0n) is 9.74. The van der Waals surface area contributed by atoms with Crippen LogP contribution in [-0.4, -0.2) is 17.0 Å². The highest BCUT2D eigenvalue weighted by atomic mass is 79.9. The van der Waals surface area contributed by atoms with Gasteiger partial charge in [0.05, 0.1) is 6.61 Å². The lowest BCUT2D eigenvalue weighted by atomic mass is 10.1. The lowest BCUT2D eigenvalue weighted by Gasteiger charge is -2.10. The number of aryl methyl sites for hydroxylation is 1. The third-order valence-electron chi connectivity index (χ3n) is 2.64. The monoisotopic (exact) mass is 294 g/mol. The molecular formula is C14H15BrO2. The highest BCUT2D eigenvalue weighted by Crippen LogP contribution is 2.33. The molecule has 0 aliphatic carbocycles. The predicted molar refractivity (Wildman–Crippen MR) is 74.3 cm³/mol. The van der Waals surface area contributed by atoms with E-state index < -0.39 is 0 Å². The van der Waals surface area contributed by atoms with Crippen molar-refractivity contribution in [1.82, 2.24) is 0 Å². The number of halogens is 1. The molecule has 3 heteroatoms. The van der Waals surface area contributed by atoms with Crippen LogP contribution in [0.15, 0.2) is 30.3 Å². The number of rotatable bonds is 4. The third kappa shape index (κ3) is 2.72. The lowest BCUT2D eigenvalue weighted by Crippen LogP contribution is -1.98. The first-order chi connectivity index (χ1) is 8.22. The van der Waals surface area contributed by atoms with E-state index in [1.807, 2.05) is 31.2 Å². The van der Waals surface area contributed by atoms with Crippen molar-refractivity contribution in [3.63, 3.8) is 0 Å². The van der Waals surface area contributed by atoms with E-state index in [4.69, 9.17) is 4.74 Å². The second kappa shape index (κ2) is 5.41. The van der Waals surface area contributed by atoms with Gasteiger partial charge in [-0.05, 0) is 31.5 Å². The number of aromatic hydroxyl groups is 1. The molecule has 0 unspecified atom stereocenters. The third-order valence-corrected chi connectivity index (χ3v) is 3.21. The molecule has 90 valence electrons. The molecule has 2 aromatic carbocycles. The molecule has 2 aromatic rings. The molecule has 0 aromatic heterocycles. The zero-order valence-corrected chi connectivity index (χ0v) is 11.3. The summed E-state index contributed by atoms with van der Waals surface area (Å²) >= 11 is 3.38. The van der Waals surface area contributed by atoms with E-state index in [2.05, 4.69) is 15.9 Å². The first kappa shape index (κ1) is 12.2. The molecule has 2 nitrogen and oxygen atoms in total. The minimum Gasteiger partial charge on any atom is -0.507 e. The predicted octanol–water partition coefficient (Wildman–Crippen LogP) is 4.02. The van der Waals surface area contributed by atoms with Crippen LogP contribution >= 0.6 is 15.9 Å². The van der Waals surface area contributed by atoms with Crippen molar-refractivity contribution in [2.75, 3.05) is 11.9 Å². The fourth-order valence-electron chi connectivity index (χ4n) is 1.78. The SMILES string of the molecule is Cc1ccc2c(O)ccc(OCCCBr)c2c1. The Morgan fingerprint density at radius 3 is 2.76 bits per heavy atom. The summed E-state index contributed by atoms with van der Waals surface area (Å²) in [5.41, 5.74) is 1.16. The summed E-state index contributed by atoms with van der Waals surface area (Å²) < 4.78 is 5.73. The molecule has 0 aliphatic rings. The maximum Gasteiger partial charge on any atom is 0.127 e. The highest BCUT2D eigenvalue weighted by Gasteiger charge is 2.06. The number of phenolic OH excluding ortho intramolecular Hbond substituents is 1. The van der Waals surface area contributed by atoms with E-state index in [1.54, 1.807) is 6.07 Å². The quantitative estimate of drug-likeness (QED) is 0.682. The highest BCUT2D eigenvalue weighted by molar-refractivity contribution is 9.09. The van der Waals surface area contributed by atoms with Crippen molar-refractivity contribution in [2.24, 2.45) is 0 Å². The van der Waals surface area contributed by atoms with Gasteiger partial charge in [-0.1, -0.05) is 33.6 Å². The number of phenols is 1. The van der Waals surface area contributed by atoms with Gasteiger partial charge < -0.3 is 9.84 Å². The van der Waals surface area contributed by atoms with Gasteiger partial charge in [-0.3, -0.25) is 0 Å². The lowest BCUT2D eigenvalue weighted by molar-refractivity contribution is 0.322. The van der Waals surface area contributed by atoms with Crippen LogP contribution in [0.5, 0.6) is 11.5 Å². The molecule has 1 N–H and O–H groups in total. The molecule has 0 saturated heterocycles. The van der Waals surface area contributed by atoms with Gasteiger partial charge in [0, 0.05) is 16.1 Å². The summed E-state index contributed by atoms with van der Waals surface area (Å²) in [7, 11) is 0. The van der Waals surface area contributed by atoms with Crippen LogP contribution in [0.2, 0.25) is 0 Å². The van der Waals surface area contributed by atoms with E-state index >= 15 is 0 Å². The topological polar surface area (TPSA) is 29.5 Å². The number of hydrogen-bond donors (Lipinski definition) is 1. The number of alkyl halides is 1. The number of fused-ring (bicyclic) bond motifs is 1. The Balaban J connectivity index is 2.41. The van der Waals surface area contributed by atoms with E-state index in [-0.39, 0.29) is 0 Å². The van der Waals surface area contributed by atoms with Gasteiger partial charge >= 0.3 is 0 Å². The second-order valence-corrected chi connectivity index (χ2v) is 4.82. The Hall–Kier alpha value is -1.22. The van der Waals surface area contributed by atoms with Gasteiger partial charge in [0.25, 0.3) is 0 Å². The Labute approximate surface area is 109 Å². The molecule has 0 heterocycles. The van der Waals surface area contributed by atoms with E-state index in [1.165, 1.54) is 0 Å². The molecule has 17 heavy (non-hydrogen) atoms. The molecule has 0 aliphatic heterocycles. The Kier molecular flexibility index (Phi) is 3.89. The summed E-state index contributed by atoms with van der Waals surface area (Å²) in [6, 6.07) is 9.46. The van der Waals surface area contributed by atoms with Crippen LogP contribution in [0, 0.1) is 6.92 Å². The minimum atomic E-state index is 0.299. The van der Waals surface area contributed by atoms with Crippen molar-refractivity contribution >= 4 is 26.7 Å². The molecule has 0 spiro atoms. The van der Waals surface area contributed by atoms with Crippen molar-refractivity contribution in [3.05, 3.63) is 35.9 Å². The average molecular weight is 295 g/mol. The van der Waals surface area contributed by atoms with Crippen molar-refractivity contribution < 1.29 is 9.84 Å². The van der Waals surface area contributed by atoms with Crippen molar-refractivity contribution in [1.29, 1.82) is 0 Å². The van der Waals surface area contributed by atoms with Gasteiger partial charge in [-0.15, -0.1) is 0 Å². The molecule has 0 amide bonds. The van der Waals surface area contributed by atoms with Gasteiger partial charge in [-0.2, -0.15) is 0 Å². The largest absolute Gasteiger partial charge is 0.507 e. The number of hydrogen-bond acceptors (Lipinski definition) is 2. The van der Waals surface area contributed by atoms with Gasteiger partial charge in [0.1, 0.15) is 11.5 Å². The summed E-state index contributed by atoms with van der Waals surface area (Å²) in [5, 5.41) is 12.5. The fourth-order valence-corrected chi connectivity index (χ4v) is 2.01. The Morgan fingerprint density at radius 1 is 1.18 bits per heavy atom. The molecule has 2 rings (SSSR count). The molecule has 0 bridgehead atoms. The van der Waals surface area contributed by atoms with Gasteiger partial charge in [-0.25, -0.2) is 0 Å². The molecular weight excluding hydrogens is 280 g/mol. The van der Waals surface area contributed by atoms with Gasteiger partial charge in [0.15, 0.2) is 0 Å². The standard InChI is InChI=1S/C14H15BrO2/c1-10-3-4-11-12(9-10)14(6-5-13(11)16)17-8-2-7-15/h3-6,9,16H,2,7-8H2,1H3. The minimum absolute atomic E-state index is 0.299. The van der Waals surface area contributed by atoms with E-state index in [0.717, 1.165) is 33.8 Å². The first-order valence-electron chi connectivity index (χ1n) is 5.63. The molecule has 0 fully saturated rings.